The van der Waals surface area contributed by atoms with Crippen molar-refractivity contribution < 1.29 is 22.7 Å². The van der Waals surface area contributed by atoms with E-state index in [1.165, 1.54) is 19.3 Å². The van der Waals surface area contributed by atoms with Crippen molar-refractivity contribution in [3.05, 3.63) is 72.1 Å². The van der Waals surface area contributed by atoms with Gasteiger partial charge in [0.2, 0.25) is 10.0 Å². The molecule has 4 bridgehead atoms. The van der Waals surface area contributed by atoms with Crippen LogP contribution in [0.3, 0.4) is 0 Å². The van der Waals surface area contributed by atoms with Crippen LogP contribution in [0.25, 0.3) is 11.1 Å². The van der Waals surface area contributed by atoms with Gasteiger partial charge in [-0.3, -0.25) is 14.7 Å². The highest BCUT2D eigenvalue weighted by Gasteiger charge is 2.52. The Kier molecular flexibility index (Phi) is 8.91. The molecule has 0 unspecified atom stereocenters. The normalized spacial score (nSPS) is 25.5. The highest BCUT2D eigenvalue weighted by atomic mass is 32.2. The lowest BCUT2D eigenvalue weighted by molar-refractivity contribution is -0.0391. The molecule has 4 saturated carbocycles. The summed E-state index contributed by atoms with van der Waals surface area (Å²) in [6.07, 6.45) is 10.3. The summed E-state index contributed by atoms with van der Waals surface area (Å²) in [5, 5.41) is 0. The summed E-state index contributed by atoms with van der Waals surface area (Å²) in [7, 11) is -2.01. The van der Waals surface area contributed by atoms with E-state index >= 15 is 0 Å². The fraction of sp³-hybridized carbons (Fsp3) is 0.514. The Balaban J connectivity index is 0.921. The predicted molar refractivity (Wildman–Crippen MR) is 183 cm³/mol. The van der Waals surface area contributed by atoms with Crippen LogP contribution < -0.4 is 19.1 Å². The SMILES string of the molecule is CCOc1cncc(-c2ccc(CN3CCN(c4ccc(C(=O)NS(=O)(=O)CC56CC7CC(CC(C7)C5)C6)cc4)CC3)c(OC)c2)c1. The van der Waals surface area contributed by atoms with Gasteiger partial charge in [0.15, 0.2) is 0 Å². The van der Waals surface area contributed by atoms with Crippen molar-refractivity contribution in [2.24, 2.45) is 23.2 Å². The van der Waals surface area contributed by atoms with Crippen LogP contribution in [0.2, 0.25) is 0 Å². The number of anilines is 1. The van der Waals surface area contributed by atoms with Gasteiger partial charge in [-0.15, -0.1) is 0 Å². The first-order chi connectivity index (χ1) is 22.7. The summed E-state index contributed by atoms with van der Waals surface area (Å²) in [4.78, 5) is 22.1. The number of ether oxygens (including phenoxy) is 2. The van der Waals surface area contributed by atoms with Gasteiger partial charge in [-0.2, -0.15) is 0 Å². The van der Waals surface area contributed by atoms with Crippen LogP contribution in [0.1, 0.15) is 61.4 Å². The van der Waals surface area contributed by atoms with E-state index in [1.807, 2.05) is 31.3 Å². The van der Waals surface area contributed by atoms with Gasteiger partial charge in [-0.25, -0.2) is 13.1 Å². The number of benzene rings is 2. The lowest BCUT2D eigenvalue weighted by atomic mass is 9.50. The van der Waals surface area contributed by atoms with E-state index in [1.54, 1.807) is 25.4 Å². The number of carbonyl (C=O) groups is 1. The molecular weight excluding hydrogens is 612 g/mol. The van der Waals surface area contributed by atoms with Gasteiger partial charge in [0.1, 0.15) is 11.5 Å². The molecule has 0 radical (unpaired) electrons. The van der Waals surface area contributed by atoms with Crippen molar-refractivity contribution in [2.45, 2.75) is 52.0 Å². The molecule has 10 heteroatoms. The first-order valence-corrected chi connectivity index (χ1v) is 18.7. The molecule has 1 amide bonds. The van der Waals surface area contributed by atoms with Gasteiger partial charge in [-0.1, -0.05) is 12.1 Å². The van der Waals surface area contributed by atoms with E-state index in [-0.39, 0.29) is 11.2 Å². The second-order valence-electron chi connectivity index (χ2n) is 14.3. The maximum atomic E-state index is 13.2. The number of hydrogen-bond donors (Lipinski definition) is 1. The molecule has 3 aromatic rings. The number of piperazine rings is 1. The van der Waals surface area contributed by atoms with Crippen LogP contribution in [-0.4, -0.2) is 69.9 Å². The van der Waals surface area contributed by atoms with Crippen LogP contribution in [0.4, 0.5) is 5.69 Å². The fourth-order valence-electron chi connectivity index (χ4n) is 9.21. The maximum Gasteiger partial charge on any atom is 0.264 e. The van der Waals surface area contributed by atoms with Gasteiger partial charge >= 0.3 is 0 Å². The second-order valence-corrected chi connectivity index (χ2v) is 16.0. The van der Waals surface area contributed by atoms with Crippen molar-refractivity contribution in [1.82, 2.24) is 14.6 Å². The number of hydrogen-bond acceptors (Lipinski definition) is 8. The standard InChI is InChI=1S/C37H46N4O5S/c1-3-46-34-17-32(22-38-23-34)30-4-5-31(35(18-30)45-2)24-40-10-12-41(13-11-40)33-8-6-29(7-9-33)36(42)39-47(43,44)25-37-19-26-14-27(20-37)16-28(15-26)21-37/h4-9,17-18,22-23,26-28H,3,10-16,19-21,24-25H2,1-2H3,(H,39,42). The smallest absolute Gasteiger partial charge is 0.264 e. The number of aromatic nitrogens is 1. The zero-order chi connectivity index (χ0) is 32.6. The van der Waals surface area contributed by atoms with Crippen molar-refractivity contribution in [3.63, 3.8) is 0 Å². The van der Waals surface area contributed by atoms with Crippen molar-refractivity contribution in [3.8, 4) is 22.6 Å². The quantitative estimate of drug-likeness (QED) is 0.278. The van der Waals surface area contributed by atoms with E-state index in [4.69, 9.17) is 9.47 Å². The number of nitrogens with one attached hydrogen (secondary N) is 1. The number of pyridine rings is 1. The number of sulfonamides is 1. The van der Waals surface area contributed by atoms with Crippen LogP contribution in [0.5, 0.6) is 11.5 Å². The van der Waals surface area contributed by atoms with E-state index in [0.29, 0.717) is 29.9 Å². The zero-order valence-electron chi connectivity index (χ0n) is 27.5. The lowest BCUT2D eigenvalue weighted by Gasteiger charge is -2.56. The molecule has 8 rings (SSSR count). The molecule has 1 aliphatic heterocycles. The van der Waals surface area contributed by atoms with E-state index in [9.17, 15) is 13.2 Å². The molecule has 9 nitrogen and oxygen atoms in total. The summed E-state index contributed by atoms with van der Waals surface area (Å²) in [6.45, 7) is 6.80. The third kappa shape index (κ3) is 7.14. The van der Waals surface area contributed by atoms with Crippen molar-refractivity contribution >= 4 is 21.6 Å². The molecule has 2 aromatic carbocycles. The van der Waals surface area contributed by atoms with Gasteiger partial charge in [0, 0.05) is 61.3 Å². The molecule has 1 saturated heterocycles. The van der Waals surface area contributed by atoms with Gasteiger partial charge < -0.3 is 14.4 Å². The molecule has 1 aromatic heterocycles. The monoisotopic (exact) mass is 658 g/mol. The zero-order valence-corrected chi connectivity index (χ0v) is 28.3. The van der Waals surface area contributed by atoms with Crippen LogP contribution in [-0.2, 0) is 16.6 Å². The Morgan fingerprint density at radius 2 is 1.60 bits per heavy atom. The largest absolute Gasteiger partial charge is 0.496 e. The molecule has 5 aliphatic rings. The molecule has 1 N–H and O–H groups in total. The third-order valence-corrected chi connectivity index (χ3v) is 12.3. The minimum absolute atomic E-state index is 0.0768. The van der Waals surface area contributed by atoms with Crippen molar-refractivity contribution in [1.29, 1.82) is 0 Å². The summed E-state index contributed by atoms with van der Waals surface area (Å²) in [5.41, 5.74) is 4.40. The number of carbonyl (C=O) groups excluding carboxylic acids is 1. The maximum absolute atomic E-state index is 13.2. The Bertz CT molecular complexity index is 1670. The molecule has 0 spiro atoms. The van der Waals surface area contributed by atoms with Gasteiger partial charge in [0.05, 0.1) is 25.7 Å². The Labute approximate surface area is 278 Å². The first kappa shape index (κ1) is 31.9. The first-order valence-electron chi connectivity index (χ1n) is 17.1. The molecule has 47 heavy (non-hydrogen) atoms. The lowest BCUT2D eigenvalue weighted by Crippen LogP contribution is -2.51. The molecule has 4 aliphatic carbocycles. The average Bonchev–Trinajstić information content (AvgIpc) is 3.04. The minimum atomic E-state index is -3.71. The Morgan fingerprint density at radius 3 is 2.23 bits per heavy atom. The highest BCUT2D eigenvalue weighted by molar-refractivity contribution is 7.90. The molecule has 2 heterocycles. The highest BCUT2D eigenvalue weighted by Crippen LogP contribution is 2.60. The summed E-state index contributed by atoms with van der Waals surface area (Å²) < 4.78 is 40.1. The summed E-state index contributed by atoms with van der Waals surface area (Å²) in [6, 6.07) is 15.6. The van der Waals surface area contributed by atoms with E-state index < -0.39 is 15.9 Å². The van der Waals surface area contributed by atoms with E-state index in [2.05, 4.69) is 37.7 Å². The van der Waals surface area contributed by atoms with Crippen molar-refractivity contribution in [2.75, 3.05) is 50.5 Å². The summed E-state index contributed by atoms with van der Waals surface area (Å²) >= 11 is 0. The Hall–Kier alpha value is -3.63. The number of rotatable bonds is 11. The summed E-state index contributed by atoms with van der Waals surface area (Å²) in [5.74, 6) is 3.15. The van der Waals surface area contributed by atoms with Gasteiger partial charge in [-0.05, 0) is 111 Å². The third-order valence-electron chi connectivity index (χ3n) is 10.8. The topological polar surface area (TPSA) is 101 Å². The van der Waals surface area contributed by atoms with Crippen LogP contribution >= 0.6 is 0 Å². The van der Waals surface area contributed by atoms with Crippen LogP contribution in [0.15, 0.2) is 60.9 Å². The van der Waals surface area contributed by atoms with Crippen LogP contribution in [0, 0.1) is 23.2 Å². The Morgan fingerprint density at radius 1 is 0.915 bits per heavy atom. The molecule has 0 atom stereocenters. The fourth-order valence-corrected chi connectivity index (χ4v) is 10.8. The van der Waals surface area contributed by atoms with Gasteiger partial charge in [0.25, 0.3) is 5.91 Å². The van der Waals surface area contributed by atoms with E-state index in [0.717, 1.165) is 85.9 Å². The molecule has 5 fully saturated rings. The number of methoxy groups -OCH3 is 1. The predicted octanol–water partition coefficient (Wildman–Crippen LogP) is 5.75. The number of amides is 1. The minimum Gasteiger partial charge on any atom is -0.496 e. The number of nitrogens with zero attached hydrogens (tertiary/aromatic N) is 3. The molecule has 250 valence electrons. The molecular formula is C37H46N4O5S. The second kappa shape index (κ2) is 13.1. The average molecular weight is 659 g/mol.